The van der Waals surface area contributed by atoms with E-state index >= 15 is 0 Å². The lowest BCUT2D eigenvalue weighted by Crippen LogP contribution is -2.39. The molecule has 0 bridgehead atoms. The lowest BCUT2D eigenvalue weighted by atomic mass is 10.0. The quantitative estimate of drug-likeness (QED) is 0.923. The van der Waals surface area contributed by atoms with Gasteiger partial charge in [0.15, 0.2) is 0 Å². The number of rotatable bonds is 3. The van der Waals surface area contributed by atoms with Gasteiger partial charge in [-0.3, -0.25) is 0 Å². The van der Waals surface area contributed by atoms with E-state index in [1.54, 1.807) is 0 Å². The van der Waals surface area contributed by atoms with Crippen LogP contribution in [0, 0.1) is 6.92 Å². The Morgan fingerprint density at radius 2 is 1.80 bits per heavy atom. The molecular formula is C17H21N3. The molecule has 1 aromatic carbocycles. The summed E-state index contributed by atoms with van der Waals surface area (Å²) in [5.74, 6) is 1.10. The second-order valence-corrected chi connectivity index (χ2v) is 5.41. The third kappa shape index (κ3) is 2.93. The molecule has 1 saturated heterocycles. The minimum Gasteiger partial charge on any atom is -0.382 e. The van der Waals surface area contributed by atoms with Gasteiger partial charge in [0.25, 0.3) is 0 Å². The summed E-state index contributed by atoms with van der Waals surface area (Å²) in [5.41, 5.74) is 2.59. The second kappa shape index (κ2) is 5.95. The molecule has 1 aromatic heterocycles. The van der Waals surface area contributed by atoms with Crippen LogP contribution in [0.4, 0.5) is 11.5 Å². The van der Waals surface area contributed by atoms with Gasteiger partial charge in [-0.1, -0.05) is 24.3 Å². The van der Waals surface area contributed by atoms with Crippen molar-refractivity contribution in [2.75, 3.05) is 23.3 Å². The van der Waals surface area contributed by atoms with Crippen LogP contribution in [0.5, 0.6) is 0 Å². The van der Waals surface area contributed by atoms with Crippen LogP contribution in [0.15, 0.2) is 48.7 Å². The first-order valence-corrected chi connectivity index (χ1v) is 7.31. The fourth-order valence-corrected chi connectivity index (χ4v) is 2.75. The standard InChI is InChI=1S/C17H21N3/c1-14-6-2-3-7-16(14)19-15-9-12-20(13-10-15)17-8-4-5-11-18-17/h2-8,11,15,19H,9-10,12-13H2,1H3. The van der Waals surface area contributed by atoms with E-state index in [-0.39, 0.29) is 0 Å². The number of hydrogen-bond acceptors (Lipinski definition) is 3. The molecule has 0 atom stereocenters. The van der Waals surface area contributed by atoms with Gasteiger partial charge >= 0.3 is 0 Å². The van der Waals surface area contributed by atoms with E-state index in [9.17, 15) is 0 Å². The second-order valence-electron chi connectivity index (χ2n) is 5.41. The number of para-hydroxylation sites is 1. The number of aromatic nitrogens is 1. The van der Waals surface area contributed by atoms with Gasteiger partial charge in [-0.25, -0.2) is 4.98 Å². The maximum atomic E-state index is 4.43. The Labute approximate surface area is 120 Å². The highest BCUT2D eigenvalue weighted by molar-refractivity contribution is 5.51. The van der Waals surface area contributed by atoms with E-state index in [1.807, 2.05) is 12.3 Å². The summed E-state index contributed by atoms with van der Waals surface area (Å²) in [6.45, 7) is 4.30. The molecular weight excluding hydrogens is 246 g/mol. The number of piperidine rings is 1. The van der Waals surface area contributed by atoms with E-state index in [2.05, 4.69) is 58.5 Å². The third-order valence-electron chi connectivity index (χ3n) is 3.97. The fraction of sp³-hybridized carbons (Fsp3) is 0.353. The molecule has 3 rings (SSSR count). The summed E-state index contributed by atoms with van der Waals surface area (Å²) in [6, 6.07) is 15.2. The topological polar surface area (TPSA) is 28.2 Å². The van der Waals surface area contributed by atoms with Crippen molar-refractivity contribution < 1.29 is 0 Å². The van der Waals surface area contributed by atoms with Crippen molar-refractivity contribution in [3.05, 3.63) is 54.2 Å². The Bertz CT molecular complexity index is 545. The lowest BCUT2D eigenvalue weighted by Gasteiger charge is -2.33. The molecule has 20 heavy (non-hydrogen) atoms. The van der Waals surface area contributed by atoms with E-state index < -0.39 is 0 Å². The molecule has 1 aliphatic rings. The van der Waals surface area contributed by atoms with Crippen LogP contribution >= 0.6 is 0 Å². The minimum absolute atomic E-state index is 0.566. The van der Waals surface area contributed by atoms with Gasteiger partial charge < -0.3 is 10.2 Å². The molecule has 0 spiro atoms. The number of anilines is 2. The van der Waals surface area contributed by atoms with Crippen LogP contribution < -0.4 is 10.2 Å². The van der Waals surface area contributed by atoms with Gasteiger partial charge in [0.2, 0.25) is 0 Å². The average Bonchev–Trinajstić information content (AvgIpc) is 2.51. The summed E-state index contributed by atoms with van der Waals surface area (Å²) in [7, 11) is 0. The van der Waals surface area contributed by atoms with Crippen LogP contribution in [-0.4, -0.2) is 24.1 Å². The zero-order valence-electron chi connectivity index (χ0n) is 11.9. The monoisotopic (exact) mass is 267 g/mol. The summed E-state index contributed by atoms with van der Waals surface area (Å²) in [4.78, 5) is 6.80. The molecule has 2 aromatic rings. The largest absolute Gasteiger partial charge is 0.382 e. The zero-order valence-corrected chi connectivity index (χ0v) is 11.9. The lowest BCUT2D eigenvalue weighted by molar-refractivity contribution is 0.523. The number of hydrogen-bond donors (Lipinski definition) is 1. The number of aryl methyl sites for hydroxylation is 1. The van der Waals surface area contributed by atoms with Crippen LogP contribution in [0.25, 0.3) is 0 Å². The molecule has 104 valence electrons. The maximum Gasteiger partial charge on any atom is 0.128 e. The predicted molar refractivity (Wildman–Crippen MR) is 84.3 cm³/mol. The van der Waals surface area contributed by atoms with Gasteiger partial charge in [-0.2, -0.15) is 0 Å². The van der Waals surface area contributed by atoms with Crippen molar-refractivity contribution in [1.82, 2.24) is 4.98 Å². The van der Waals surface area contributed by atoms with E-state index in [0.717, 1.165) is 31.7 Å². The number of nitrogens with one attached hydrogen (secondary N) is 1. The number of pyridine rings is 1. The summed E-state index contributed by atoms with van der Waals surface area (Å²) in [6.07, 6.45) is 4.18. The molecule has 1 aliphatic heterocycles. The van der Waals surface area contributed by atoms with E-state index in [0.29, 0.717) is 6.04 Å². The van der Waals surface area contributed by atoms with Crippen LogP contribution in [0.1, 0.15) is 18.4 Å². The molecule has 1 fully saturated rings. The molecule has 0 unspecified atom stereocenters. The smallest absolute Gasteiger partial charge is 0.128 e. The minimum atomic E-state index is 0.566. The maximum absolute atomic E-state index is 4.43. The summed E-state index contributed by atoms with van der Waals surface area (Å²) < 4.78 is 0. The van der Waals surface area contributed by atoms with Crippen molar-refractivity contribution in [2.45, 2.75) is 25.8 Å². The van der Waals surface area contributed by atoms with Gasteiger partial charge in [-0.15, -0.1) is 0 Å². The Kier molecular flexibility index (Phi) is 3.86. The highest BCUT2D eigenvalue weighted by Crippen LogP contribution is 2.21. The Morgan fingerprint density at radius 1 is 1.05 bits per heavy atom. The summed E-state index contributed by atoms with van der Waals surface area (Å²) >= 11 is 0. The third-order valence-corrected chi connectivity index (χ3v) is 3.97. The zero-order chi connectivity index (χ0) is 13.8. The van der Waals surface area contributed by atoms with E-state index in [4.69, 9.17) is 0 Å². The van der Waals surface area contributed by atoms with Crippen LogP contribution in [0.3, 0.4) is 0 Å². The molecule has 0 radical (unpaired) electrons. The Hall–Kier alpha value is -2.03. The normalized spacial score (nSPS) is 16.1. The SMILES string of the molecule is Cc1ccccc1NC1CCN(c2ccccn2)CC1. The van der Waals surface area contributed by atoms with Gasteiger partial charge in [0, 0.05) is 31.0 Å². The van der Waals surface area contributed by atoms with Crippen molar-refractivity contribution in [3.8, 4) is 0 Å². The average molecular weight is 267 g/mol. The molecule has 2 heterocycles. The van der Waals surface area contributed by atoms with Crippen LogP contribution in [-0.2, 0) is 0 Å². The molecule has 3 heteroatoms. The van der Waals surface area contributed by atoms with Gasteiger partial charge in [0.1, 0.15) is 5.82 Å². The first-order valence-electron chi connectivity index (χ1n) is 7.31. The number of benzene rings is 1. The van der Waals surface area contributed by atoms with Gasteiger partial charge in [-0.05, 0) is 43.5 Å². The van der Waals surface area contributed by atoms with Crippen molar-refractivity contribution in [2.24, 2.45) is 0 Å². The first kappa shape index (κ1) is 13.0. The van der Waals surface area contributed by atoms with Crippen molar-refractivity contribution in [1.29, 1.82) is 0 Å². The summed E-state index contributed by atoms with van der Waals surface area (Å²) in [5, 5.41) is 3.67. The highest BCUT2D eigenvalue weighted by atomic mass is 15.2. The molecule has 3 nitrogen and oxygen atoms in total. The Morgan fingerprint density at radius 3 is 2.50 bits per heavy atom. The highest BCUT2D eigenvalue weighted by Gasteiger charge is 2.19. The molecule has 1 N–H and O–H groups in total. The molecule has 0 saturated carbocycles. The first-order chi connectivity index (χ1) is 9.83. The Balaban J connectivity index is 1.58. The van der Waals surface area contributed by atoms with Crippen molar-refractivity contribution >= 4 is 11.5 Å². The van der Waals surface area contributed by atoms with Crippen LogP contribution in [0.2, 0.25) is 0 Å². The molecule has 0 aliphatic carbocycles. The predicted octanol–water partition coefficient (Wildman–Crippen LogP) is 3.47. The van der Waals surface area contributed by atoms with E-state index in [1.165, 1.54) is 11.3 Å². The number of nitrogens with zero attached hydrogens (tertiary/aromatic N) is 2. The fourth-order valence-electron chi connectivity index (χ4n) is 2.75. The van der Waals surface area contributed by atoms with Crippen molar-refractivity contribution in [3.63, 3.8) is 0 Å². The molecule has 0 amide bonds. The van der Waals surface area contributed by atoms with Gasteiger partial charge in [0.05, 0.1) is 0 Å².